The van der Waals surface area contributed by atoms with Crippen LogP contribution in [0, 0.1) is 5.82 Å². The number of rotatable bonds is 1. The molecule has 0 unspecified atom stereocenters. The topological polar surface area (TPSA) is 12.0 Å². The van der Waals surface area contributed by atoms with Crippen LogP contribution in [0.4, 0.5) is 4.39 Å². The second kappa shape index (κ2) is 5.60. The van der Waals surface area contributed by atoms with Crippen LogP contribution in [0.2, 0.25) is 0 Å². The summed E-state index contributed by atoms with van der Waals surface area (Å²) in [7, 11) is 0. The molecule has 86 valence electrons. The molecule has 0 spiro atoms. The van der Waals surface area contributed by atoms with Crippen molar-refractivity contribution < 1.29 is 4.39 Å². The molecule has 1 fully saturated rings. The Morgan fingerprint density at radius 3 is 2.94 bits per heavy atom. The van der Waals surface area contributed by atoms with E-state index in [0.717, 1.165) is 36.8 Å². The highest BCUT2D eigenvalue weighted by atomic mass is 79.9. The van der Waals surface area contributed by atoms with Crippen LogP contribution < -0.4 is 5.32 Å². The maximum absolute atomic E-state index is 13.6. The van der Waals surface area contributed by atoms with Crippen molar-refractivity contribution in [3.05, 3.63) is 39.6 Å². The number of benzene rings is 1. The molecule has 0 amide bonds. The summed E-state index contributed by atoms with van der Waals surface area (Å²) in [5, 5.41) is 3.34. The van der Waals surface area contributed by atoms with Gasteiger partial charge in [-0.05, 0) is 44.5 Å². The Balaban J connectivity index is 2.20. The summed E-state index contributed by atoms with van der Waals surface area (Å²) in [6.45, 7) is 2.07. The van der Waals surface area contributed by atoms with Crippen molar-refractivity contribution in [3.8, 4) is 0 Å². The summed E-state index contributed by atoms with van der Waals surface area (Å²) < 4.78 is 14.4. The van der Waals surface area contributed by atoms with Crippen LogP contribution in [0.3, 0.4) is 0 Å². The largest absolute Gasteiger partial charge is 0.316 e. The molecule has 1 aliphatic rings. The minimum absolute atomic E-state index is 0.154. The van der Waals surface area contributed by atoms with Gasteiger partial charge in [0.05, 0.1) is 0 Å². The van der Waals surface area contributed by atoms with Crippen LogP contribution in [0.25, 0.3) is 6.08 Å². The minimum Gasteiger partial charge on any atom is -0.316 e. The van der Waals surface area contributed by atoms with E-state index in [1.807, 2.05) is 18.2 Å². The monoisotopic (exact) mass is 283 g/mol. The molecule has 0 radical (unpaired) electrons. The van der Waals surface area contributed by atoms with E-state index >= 15 is 0 Å². The highest BCUT2D eigenvalue weighted by Crippen LogP contribution is 2.21. The average Bonchev–Trinajstić information content (AvgIpc) is 2.51. The Bertz CT molecular complexity index is 391. The van der Waals surface area contributed by atoms with Gasteiger partial charge in [0.2, 0.25) is 0 Å². The Morgan fingerprint density at radius 2 is 2.12 bits per heavy atom. The molecule has 0 aliphatic carbocycles. The molecule has 1 aromatic rings. The smallest absolute Gasteiger partial charge is 0.131 e. The second-order valence-corrected chi connectivity index (χ2v) is 4.99. The van der Waals surface area contributed by atoms with Gasteiger partial charge in [-0.15, -0.1) is 0 Å². The fourth-order valence-corrected chi connectivity index (χ4v) is 2.26. The Hall–Kier alpha value is -0.670. The van der Waals surface area contributed by atoms with Gasteiger partial charge in [0.15, 0.2) is 0 Å². The molecule has 0 saturated carbocycles. The number of hydrogen-bond acceptors (Lipinski definition) is 1. The maximum atomic E-state index is 13.6. The van der Waals surface area contributed by atoms with Crippen molar-refractivity contribution in [2.75, 3.05) is 13.1 Å². The van der Waals surface area contributed by atoms with Crippen molar-refractivity contribution in [1.82, 2.24) is 5.32 Å². The van der Waals surface area contributed by atoms with Gasteiger partial charge in [0.25, 0.3) is 0 Å². The van der Waals surface area contributed by atoms with Gasteiger partial charge in [-0.3, -0.25) is 0 Å². The molecule has 1 saturated heterocycles. The Morgan fingerprint density at radius 1 is 1.25 bits per heavy atom. The molecule has 0 atom stereocenters. The van der Waals surface area contributed by atoms with Gasteiger partial charge in [0.1, 0.15) is 5.82 Å². The van der Waals surface area contributed by atoms with Gasteiger partial charge < -0.3 is 5.32 Å². The molecule has 1 N–H and O–H groups in total. The molecule has 0 aromatic heterocycles. The van der Waals surface area contributed by atoms with Crippen LogP contribution in [0.1, 0.15) is 24.8 Å². The lowest BCUT2D eigenvalue weighted by atomic mass is 10.0. The third-order valence-electron chi connectivity index (χ3n) is 2.80. The fourth-order valence-electron chi connectivity index (χ4n) is 1.92. The van der Waals surface area contributed by atoms with Crippen molar-refractivity contribution in [1.29, 1.82) is 0 Å². The Kier molecular flexibility index (Phi) is 4.13. The van der Waals surface area contributed by atoms with E-state index in [4.69, 9.17) is 0 Å². The van der Waals surface area contributed by atoms with Crippen molar-refractivity contribution >= 4 is 22.0 Å². The average molecular weight is 284 g/mol. The van der Waals surface area contributed by atoms with Gasteiger partial charge in [0, 0.05) is 10.0 Å². The van der Waals surface area contributed by atoms with E-state index in [0.29, 0.717) is 5.56 Å². The summed E-state index contributed by atoms with van der Waals surface area (Å²) in [5.41, 5.74) is 2.03. The highest BCUT2D eigenvalue weighted by molar-refractivity contribution is 9.10. The summed E-state index contributed by atoms with van der Waals surface area (Å²) in [6.07, 6.45) is 5.23. The predicted molar refractivity (Wildman–Crippen MR) is 68.8 cm³/mol. The Labute approximate surface area is 104 Å². The summed E-state index contributed by atoms with van der Waals surface area (Å²) in [4.78, 5) is 0. The lowest BCUT2D eigenvalue weighted by molar-refractivity contribution is 0.624. The van der Waals surface area contributed by atoms with E-state index in [2.05, 4.69) is 21.2 Å². The number of nitrogens with one attached hydrogen (secondary N) is 1. The van der Waals surface area contributed by atoms with Gasteiger partial charge >= 0.3 is 0 Å². The van der Waals surface area contributed by atoms with Crippen LogP contribution >= 0.6 is 15.9 Å². The first-order valence-corrected chi connectivity index (χ1v) is 6.40. The van der Waals surface area contributed by atoms with E-state index in [1.54, 1.807) is 0 Å². The van der Waals surface area contributed by atoms with Gasteiger partial charge in [-0.2, -0.15) is 0 Å². The van der Waals surface area contributed by atoms with Crippen LogP contribution in [0.15, 0.2) is 28.2 Å². The number of halogens is 2. The summed E-state index contributed by atoms with van der Waals surface area (Å²) >= 11 is 3.26. The van der Waals surface area contributed by atoms with Crippen molar-refractivity contribution in [2.45, 2.75) is 19.3 Å². The molecule has 1 aliphatic heterocycles. The van der Waals surface area contributed by atoms with E-state index in [1.165, 1.54) is 11.6 Å². The molecule has 3 heteroatoms. The van der Waals surface area contributed by atoms with Gasteiger partial charge in [-0.1, -0.05) is 33.6 Å². The van der Waals surface area contributed by atoms with Gasteiger partial charge in [-0.25, -0.2) is 4.39 Å². The normalized spacial score (nSPS) is 19.8. The first-order valence-electron chi connectivity index (χ1n) is 5.61. The molecule has 1 aromatic carbocycles. The van der Waals surface area contributed by atoms with E-state index < -0.39 is 0 Å². The zero-order valence-corrected chi connectivity index (χ0v) is 10.7. The maximum Gasteiger partial charge on any atom is 0.131 e. The first kappa shape index (κ1) is 11.8. The predicted octanol–water partition coefficient (Wildman–Crippen LogP) is 3.75. The summed E-state index contributed by atoms with van der Waals surface area (Å²) in [6, 6.07) is 5.22. The van der Waals surface area contributed by atoms with Crippen molar-refractivity contribution in [3.63, 3.8) is 0 Å². The second-order valence-electron chi connectivity index (χ2n) is 4.07. The molecule has 1 heterocycles. The minimum atomic E-state index is -0.154. The SMILES string of the molecule is Fc1cc(Br)ccc1/C=C1/CCCNCC1. The van der Waals surface area contributed by atoms with Crippen molar-refractivity contribution in [2.24, 2.45) is 0 Å². The number of hydrogen-bond donors (Lipinski definition) is 1. The molecular formula is C13H15BrFN. The van der Waals surface area contributed by atoms with Crippen LogP contribution in [-0.4, -0.2) is 13.1 Å². The molecule has 16 heavy (non-hydrogen) atoms. The third-order valence-corrected chi connectivity index (χ3v) is 3.29. The highest BCUT2D eigenvalue weighted by Gasteiger charge is 2.05. The summed E-state index contributed by atoms with van der Waals surface area (Å²) in [5.74, 6) is -0.154. The molecule has 1 nitrogen and oxygen atoms in total. The third kappa shape index (κ3) is 3.16. The van der Waals surface area contributed by atoms with E-state index in [-0.39, 0.29) is 5.82 Å². The van der Waals surface area contributed by atoms with Crippen LogP contribution in [0.5, 0.6) is 0 Å². The van der Waals surface area contributed by atoms with E-state index in [9.17, 15) is 4.39 Å². The quantitative estimate of drug-likeness (QED) is 0.828. The fraction of sp³-hybridized carbons (Fsp3) is 0.385. The zero-order valence-electron chi connectivity index (χ0n) is 9.10. The zero-order chi connectivity index (χ0) is 11.4. The molecule has 0 bridgehead atoms. The molecular weight excluding hydrogens is 269 g/mol. The van der Waals surface area contributed by atoms with Crippen LogP contribution in [-0.2, 0) is 0 Å². The lowest BCUT2D eigenvalue weighted by Gasteiger charge is -2.03. The standard InChI is InChI=1S/C13H15BrFN/c14-12-4-3-11(13(15)9-12)8-10-2-1-6-16-7-5-10/h3-4,8-9,16H,1-2,5-7H2/b10-8-. The molecule has 2 rings (SSSR count). The lowest BCUT2D eigenvalue weighted by Crippen LogP contribution is -2.13. The first-order chi connectivity index (χ1) is 7.75.